The first-order valence-corrected chi connectivity index (χ1v) is 12.7. The molecule has 1 saturated heterocycles. The Morgan fingerprint density at radius 2 is 1.84 bits per heavy atom. The molecule has 1 fully saturated rings. The number of ether oxygens (including phenoxy) is 1. The summed E-state index contributed by atoms with van der Waals surface area (Å²) in [5.74, 6) is 1.17. The summed E-state index contributed by atoms with van der Waals surface area (Å²) in [7, 11) is 3.81. The van der Waals surface area contributed by atoms with Crippen LogP contribution in [-0.4, -0.2) is 52.6 Å². The SMILES string of the molecule is Cc1cc(C(C2CCOCC2)n2c3cc(-c4c(C)nnn4C)cnc3c3c2c(C(C)(C)O)nn3C)co1. The Bertz CT molecular complexity index is 1590. The number of fused-ring (bicyclic) bond motifs is 3. The second-order valence-corrected chi connectivity index (χ2v) is 10.7. The topological polar surface area (TPSA) is 109 Å². The van der Waals surface area contributed by atoms with Gasteiger partial charge in [0, 0.05) is 44.6 Å². The molecule has 0 spiro atoms. The van der Waals surface area contributed by atoms with E-state index in [0.29, 0.717) is 11.6 Å². The van der Waals surface area contributed by atoms with Crippen LogP contribution in [0.25, 0.3) is 33.3 Å². The minimum atomic E-state index is -1.15. The molecular weight excluding hydrogens is 470 g/mol. The van der Waals surface area contributed by atoms with E-state index in [1.54, 1.807) is 18.5 Å². The lowest BCUT2D eigenvalue weighted by molar-refractivity contribution is 0.0547. The van der Waals surface area contributed by atoms with Crippen LogP contribution in [0.4, 0.5) is 0 Å². The minimum absolute atomic E-state index is 0.0468. The van der Waals surface area contributed by atoms with Gasteiger partial charge in [-0.15, -0.1) is 5.10 Å². The van der Waals surface area contributed by atoms with Crippen molar-refractivity contribution in [3.8, 4) is 11.3 Å². The van der Waals surface area contributed by atoms with Gasteiger partial charge in [-0.2, -0.15) is 5.10 Å². The van der Waals surface area contributed by atoms with Gasteiger partial charge in [-0.3, -0.25) is 9.67 Å². The summed E-state index contributed by atoms with van der Waals surface area (Å²) in [4.78, 5) is 4.97. The third-order valence-electron chi connectivity index (χ3n) is 7.55. The molecule has 37 heavy (non-hydrogen) atoms. The number of furan rings is 1. The van der Waals surface area contributed by atoms with E-state index < -0.39 is 5.60 Å². The number of aromatic nitrogens is 7. The van der Waals surface area contributed by atoms with Crippen LogP contribution in [0, 0.1) is 19.8 Å². The van der Waals surface area contributed by atoms with Crippen molar-refractivity contribution < 1.29 is 14.3 Å². The molecule has 5 aromatic rings. The van der Waals surface area contributed by atoms with Gasteiger partial charge < -0.3 is 18.8 Å². The summed E-state index contributed by atoms with van der Waals surface area (Å²) >= 11 is 0. The maximum atomic E-state index is 11.2. The Hall–Kier alpha value is -3.50. The highest BCUT2D eigenvalue weighted by molar-refractivity contribution is 6.06. The third kappa shape index (κ3) is 3.77. The van der Waals surface area contributed by atoms with Crippen LogP contribution in [-0.2, 0) is 24.4 Å². The first kappa shape index (κ1) is 23.9. The van der Waals surface area contributed by atoms with Crippen molar-refractivity contribution in [2.24, 2.45) is 20.0 Å². The molecule has 0 amide bonds. The number of hydrogen-bond acceptors (Lipinski definition) is 7. The molecule has 1 N–H and O–H groups in total. The van der Waals surface area contributed by atoms with Crippen molar-refractivity contribution in [2.45, 2.75) is 52.2 Å². The molecule has 6 rings (SSSR count). The maximum Gasteiger partial charge on any atom is 0.118 e. The molecule has 5 aromatic heterocycles. The number of pyridine rings is 1. The predicted molar refractivity (Wildman–Crippen MR) is 139 cm³/mol. The van der Waals surface area contributed by atoms with E-state index in [1.807, 2.05) is 45.1 Å². The second kappa shape index (κ2) is 8.53. The van der Waals surface area contributed by atoms with Crippen molar-refractivity contribution in [1.29, 1.82) is 0 Å². The Morgan fingerprint density at radius 3 is 2.46 bits per heavy atom. The van der Waals surface area contributed by atoms with Gasteiger partial charge in [0.25, 0.3) is 0 Å². The summed E-state index contributed by atoms with van der Waals surface area (Å²) in [6.45, 7) is 8.93. The zero-order valence-electron chi connectivity index (χ0n) is 22.2. The van der Waals surface area contributed by atoms with Crippen molar-refractivity contribution >= 4 is 22.1 Å². The zero-order chi connectivity index (χ0) is 26.1. The van der Waals surface area contributed by atoms with Crippen molar-refractivity contribution in [2.75, 3.05) is 13.2 Å². The molecule has 0 bridgehead atoms. The molecule has 10 heteroatoms. The summed E-state index contributed by atoms with van der Waals surface area (Å²) in [6, 6.07) is 4.24. The maximum absolute atomic E-state index is 11.2. The van der Waals surface area contributed by atoms with Crippen molar-refractivity contribution in [3.05, 3.63) is 47.3 Å². The lowest BCUT2D eigenvalue weighted by Crippen LogP contribution is -2.27. The number of nitrogens with zero attached hydrogens (tertiary/aromatic N) is 7. The molecule has 1 atom stereocenters. The van der Waals surface area contributed by atoms with Gasteiger partial charge in [-0.25, -0.2) is 4.68 Å². The molecule has 0 saturated carbocycles. The predicted octanol–water partition coefficient (Wildman–Crippen LogP) is 4.17. The fourth-order valence-corrected chi connectivity index (χ4v) is 5.92. The first-order valence-electron chi connectivity index (χ1n) is 12.7. The summed E-state index contributed by atoms with van der Waals surface area (Å²) in [5.41, 5.74) is 6.89. The quantitative estimate of drug-likeness (QED) is 0.383. The molecule has 0 radical (unpaired) electrons. The summed E-state index contributed by atoms with van der Waals surface area (Å²) in [5, 5.41) is 24.5. The number of aliphatic hydroxyl groups is 1. The highest BCUT2D eigenvalue weighted by Crippen LogP contribution is 2.43. The fraction of sp³-hybridized carbons (Fsp3) is 0.481. The van der Waals surface area contributed by atoms with Crippen LogP contribution in [0.1, 0.15) is 55.4 Å². The Balaban J connectivity index is 1.73. The average molecular weight is 504 g/mol. The van der Waals surface area contributed by atoms with Gasteiger partial charge in [0.15, 0.2) is 0 Å². The molecule has 10 nitrogen and oxygen atoms in total. The van der Waals surface area contributed by atoms with Crippen LogP contribution >= 0.6 is 0 Å². The molecular formula is C27H33N7O3. The van der Waals surface area contributed by atoms with Gasteiger partial charge in [-0.1, -0.05) is 5.21 Å². The average Bonchev–Trinajstić information content (AvgIpc) is 3.60. The molecule has 1 aliphatic rings. The van der Waals surface area contributed by atoms with Gasteiger partial charge in [0.05, 0.1) is 34.7 Å². The first-order chi connectivity index (χ1) is 17.6. The summed E-state index contributed by atoms with van der Waals surface area (Å²) in [6.07, 6.45) is 5.58. The molecule has 1 aliphatic heterocycles. The largest absolute Gasteiger partial charge is 0.469 e. The molecule has 0 aromatic carbocycles. The van der Waals surface area contributed by atoms with E-state index in [-0.39, 0.29) is 6.04 Å². The Labute approximate surface area is 214 Å². The lowest BCUT2D eigenvalue weighted by atomic mass is 9.87. The van der Waals surface area contributed by atoms with Crippen LogP contribution < -0.4 is 0 Å². The number of hydrogen-bond donors (Lipinski definition) is 1. The molecule has 194 valence electrons. The lowest BCUT2D eigenvalue weighted by Gasteiger charge is -2.32. The van der Waals surface area contributed by atoms with E-state index >= 15 is 0 Å². The van der Waals surface area contributed by atoms with Crippen molar-refractivity contribution in [1.82, 2.24) is 34.3 Å². The third-order valence-corrected chi connectivity index (χ3v) is 7.55. The Kier molecular flexibility index (Phi) is 5.50. The smallest absolute Gasteiger partial charge is 0.118 e. The van der Waals surface area contributed by atoms with Crippen LogP contribution in [0.5, 0.6) is 0 Å². The molecule has 1 unspecified atom stereocenters. The number of aryl methyl sites for hydroxylation is 4. The highest BCUT2D eigenvalue weighted by Gasteiger charge is 2.36. The van der Waals surface area contributed by atoms with Gasteiger partial charge in [0.1, 0.15) is 28.1 Å². The monoisotopic (exact) mass is 503 g/mol. The van der Waals surface area contributed by atoms with E-state index in [9.17, 15) is 5.11 Å². The van der Waals surface area contributed by atoms with Crippen LogP contribution in [0.15, 0.2) is 29.0 Å². The Morgan fingerprint density at radius 1 is 1.08 bits per heavy atom. The normalized spacial score (nSPS) is 16.3. The fourth-order valence-electron chi connectivity index (χ4n) is 5.92. The van der Waals surface area contributed by atoms with Crippen LogP contribution in [0.2, 0.25) is 0 Å². The van der Waals surface area contributed by atoms with E-state index in [0.717, 1.165) is 76.4 Å². The minimum Gasteiger partial charge on any atom is -0.469 e. The molecule has 0 aliphatic carbocycles. The van der Waals surface area contributed by atoms with E-state index in [1.165, 1.54) is 0 Å². The zero-order valence-corrected chi connectivity index (χ0v) is 22.2. The highest BCUT2D eigenvalue weighted by atomic mass is 16.5. The van der Waals surface area contributed by atoms with Gasteiger partial charge in [-0.05, 0) is 58.6 Å². The van der Waals surface area contributed by atoms with Crippen molar-refractivity contribution in [3.63, 3.8) is 0 Å². The van der Waals surface area contributed by atoms with Gasteiger partial charge in [0.2, 0.25) is 0 Å². The standard InChI is InChI=1S/C27H33N7O3/c1-15-11-19(14-37-15)23(17-7-9-36-10-8-17)34-20-12-18(22-16(2)29-31-33(22)6)13-28-21(20)24-25(34)26(27(3,4)35)30-32(24)5/h11-14,17,23,35H,7-10H2,1-6H3. The second-order valence-electron chi connectivity index (χ2n) is 10.7. The van der Waals surface area contributed by atoms with E-state index in [2.05, 4.69) is 27.0 Å². The molecule has 6 heterocycles. The van der Waals surface area contributed by atoms with Gasteiger partial charge >= 0.3 is 0 Å². The van der Waals surface area contributed by atoms with Crippen LogP contribution in [0.3, 0.4) is 0 Å². The summed E-state index contributed by atoms with van der Waals surface area (Å²) < 4.78 is 17.5. The number of rotatable bonds is 5. The van der Waals surface area contributed by atoms with E-state index in [4.69, 9.17) is 19.2 Å².